The van der Waals surface area contributed by atoms with Crippen molar-refractivity contribution in [1.29, 1.82) is 0 Å². The molecule has 0 aliphatic rings. The van der Waals surface area contributed by atoms with Crippen molar-refractivity contribution in [3.8, 4) is 0 Å². The van der Waals surface area contributed by atoms with Crippen LogP contribution in [-0.4, -0.2) is 27.7 Å². The number of hydrogen-bond acceptors (Lipinski definition) is 5. The highest BCUT2D eigenvalue weighted by atomic mass is 35.5. The quantitative estimate of drug-likeness (QED) is 0.851. The van der Waals surface area contributed by atoms with Crippen LogP contribution in [0.1, 0.15) is 43.1 Å². The first-order chi connectivity index (χ1) is 10.5. The van der Waals surface area contributed by atoms with Gasteiger partial charge in [-0.2, -0.15) is 4.98 Å². The number of halogens is 1. The summed E-state index contributed by atoms with van der Waals surface area (Å²) in [7, 11) is 0. The Labute approximate surface area is 133 Å². The molecule has 1 amide bonds. The van der Waals surface area contributed by atoms with Gasteiger partial charge < -0.3 is 14.9 Å². The lowest BCUT2D eigenvalue weighted by atomic mass is 10.1. The largest absolute Gasteiger partial charge is 0.378 e. The van der Waals surface area contributed by atoms with Crippen molar-refractivity contribution in [2.75, 3.05) is 6.54 Å². The van der Waals surface area contributed by atoms with Crippen molar-refractivity contribution in [1.82, 2.24) is 15.5 Å². The summed E-state index contributed by atoms with van der Waals surface area (Å²) < 4.78 is 5.08. The van der Waals surface area contributed by atoms with E-state index in [-0.39, 0.29) is 5.92 Å². The molecule has 1 atom stereocenters. The van der Waals surface area contributed by atoms with Gasteiger partial charge in [0.25, 0.3) is 5.91 Å². The number of aliphatic hydroxyl groups is 1. The van der Waals surface area contributed by atoms with Gasteiger partial charge >= 0.3 is 0 Å². The Morgan fingerprint density at radius 2 is 2.05 bits per heavy atom. The van der Waals surface area contributed by atoms with Crippen LogP contribution in [0, 0.1) is 0 Å². The molecule has 2 N–H and O–H groups in total. The molecule has 0 saturated carbocycles. The van der Waals surface area contributed by atoms with E-state index in [4.69, 9.17) is 16.1 Å². The number of nitrogens with zero attached hydrogens (tertiary/aromatic N) is 2. The molecule has 1 unspecified atom stereocenters. The summed E-state index contributed by atoms with van der Waals surface area (Å²) >= 11 is 5.77. The van der Waals surface area contributed by atoms with Gasteiger partial charge in [-0.15, -0.1) is 0 Å². The van der Waals surface area contributed by atoms with E-state index in [1.54, 1.807) is 24.3 Å². The van der Waals surface area contributed by atoms with Crippen LogP contribution in [0.2, 0.25) is 5.02 Å². The fraction of sp³-hybridized carbons (Fsp3) is 0.400. The van der Waals surface area contributed by atoms with E-state index in [9.17, 15) is 9.90 Å². The van der Waals surface area contributed by atoms with Crippen LogP contribution in [0.15, 0.2) is 28.8 Å². The van der Waals surface area contributed by atoms with Crippen molar-refractivity contribution in [3.05, 3.63) is 46.6 Å². The predicted octanol–water partition coefficient (Wildman–Crippen LogP) is 2.24. The van der Waals surface area contributed by atoms with E-state index in [1.165, 1.54) is 0 Å². The summed E-state index contributed by atoms with van der Waals surface area (Å²) in [5.74, 6) is 0.796. The Morgan fingerprint density at radius 1 is 1.36 bits per heavy atom. The number of benzene rings is 1. The number of carbonyl (C=O) groups excluding carboxylic acids is 1. The average Bonchev–Trinajstić information content (AvgIpc) is 2.96. The zero-order chi connectivity index (χ0) is 16.1. The Morgan fingerprint density at radius 3 is 2.64 bits per heavy atom. The fourth-order valence-electron chi connectivity index (χ4n) is 1.79. The van der Waals surface area contributed by atoms with E-state index < -0.39 is 12.0 Å². The van der Waals surface area contributed by atoms with E-state index >= 15 is 0 Å². The summed E-state index contributed by atoms with van der Waals surface area (Å²) in [4.78, 5) is 16.1. The lowest BCUT2D eigenvalue weighted by Crippen LogP contribution is -2.31. The molecule has 0 aliphatic carbocycles. The average molecular weight is 324 g/mol. The highest BCUT2D eigenvalue weighted by Gasteiger charge is 2.17. The third kappa shape index (κ3) is 4.29. The molecule has 2 rings (SSSR count). The predicted molar refractivity (Wildman–Crippen MR) is 81.5 cm³/mol. The van der Waals surface area contributed by atoms with Gasteiger partial charge in [-0.3, -0.25) is 4.79 Å². The van der Waals surface area contributed by atoms with Crippen molar-refractivity contribution in [2.45, 2.75) is 32.3 Å². The van der Waals surface area contributed by atoms with Crippen LogP contribution >= 0.6 is 11.6 Å². The summed E-state index contributed by atoms with van der Waals surface area (Å²) in [6.45, 7) is 4.24. The number of aromatic nitrogens is 2. The van der Waals surface area contributed by atoms with Gasteiger partial charge in [0.05, 0.1) is 0 Å². The molecule has 0 spiro atoms. The molecule has 6 nitrogen and oxygen atoms in total. The maximum Gasteiger partial charge on any atom is 0.253 e. The van der Waals surface area contributed by atoms with Crippen molar-refractivity contribution >= 4 is 17.5 Å². The van der Waals surface area contributed by atoms with Crippen molar-refractivity contribution in [2.24, 2.45) is 0 Å². The van der Waals surface area contributed by atoms with Crippen LogP contribution in [-0.2, 0) is 11.2 Å². The topological polar surface area (TPSA) is 88.2 Å². The summed E-state index contributed by atoms with van der Waals surface area (Å²) in [6, 6.07) is 6.47. The molecule has 0 radical (unpaired) electrons. The van der Waals surface area contributed by atoms with Gasteiger partial charge in [-0.1, -0.05) is 42.7 Å². The number of aliphatic hydroxyl groups excluding tert-OH is 1. The number of nitrogens with one attached hydrogen (secondary N) is 1. The minimum absolute atomic E-state index is 0.169. The number of carbonyl (C=O) groups is 1. The molecule has 0 bridgehead atoms. The van der Waals surface area contributed by atoms with Crippen LogP contribution in [0.4, 0.5) is 0 Å². The number of rotatable bonds is 6. The van der Waals surface area contributed by atoms with Crippen LogP contribution in [0.5, 0.6) is 0 Å². The molecule has 1 aromatic carbocycles. The molecule has 2 aromatic rings. The molecule has 1 aromatic heterocycles. The van der Waals surface area contributed by atoms with Gasteiger partial charge in [0, 0.05) is 23.9 Å². The number of amides is 1. The Balaban J connectivity index is 1.83. The standard InChI is InChI=1S/C15H18ClN3O3/c1-9(2)15-18-12(19-22-15)7-8-17-14(21)13(20)10-3-5-11(16)6-4-10/h3-6,9,13,20H,7-8H2,1-2H3,(H,17,21). The maximum atomic E-state index is 11.9. The minimum atomic E-state index is -1.23. The first-order valence-corrected chi connectivity index (χ1v) is 7.39. The maximum absolute atomic E-state index is 11.9. The normalized spacial score (nSPS) is 12.4. The van der Waals surface area contributed by atoms with E-state index in [0.717, 1.165) is 0 Å². The SMILES string of the molecule is CC(C)c1nc(CCNC(=O)C(O)c2ccc(Cl)cc2)no1. The minimum Gasteiger partial charge on any atom is -0.378 e. The Hall–Kier alpha value is -1.92. The van der Waals surface area contributed by atoms with Gasteiger partial charge in [-0.05, 0) is 17.7 Å². The highest BCUT2D eigenvalue weighted by Crippen LogP contribution is 2.16. The fourth-order valence-corrected chi connectivity index (χ4v) is 1.92. The van der Waals surface area contributed by atoms with Gasteiger partial charge in [-0.25, -0.2) is 0 Å². The molecule has 22 heavy (non-hydrogen) atoms. The van der Waals surface area contributed by atoms with Crippen molar-refractivity contribution < 1.29 is 14.4 Å². The van der Waals surface area contributed by atoms with E-state index in [2.05, 4.69) is 15.5 Å². The zero-order valence-corrected chi connectivity index (χ0v) is 13.2. The molecule has 0 fully saturated rings. The second-order valence-electron chi connectivity index (χ2n) is 5.20. The van der Waals surface area contributed by atoms with E-state index in [1.807, 2.05) is 13.8 Å². The summed E-state index contributed by atoms with van der Waals surface area (Å²) in [5.41, 5.74) is 0.489. The van der Waals surface area contributed by atoms with Crippen LogP contribution in [0.3, 0.4) is 0 Å². The third-order valence-corrected chi connectivity index (χ3v) is 3.31. The molecule has 0 saturated heterocycles. The van der Waals surface area contributed by atoms with Crippen molar-refractivity contribution in [3.63, 3.8) is 0 Å². The summed E-state index contributed by atoms with van der Waals surface area (Å²) in [6.07, 6.45) is -0.788. The first kappa shape index (κ1) is 16.5. The molecule has 7 heteroatoms. The second kappa shape index (κ2) is 7.38. The van der Waals surface area contributed by atoms with Gasteiger partial charge in [0.1, 0.15) is 0 Å². The Kier molecular flexibility index (Phi) is 5.51. The van der Waals surface area contributed by atoms with Gasteiger partial charge in [0.15, 0.2) is 11.9 Å². The molecule has 1 heterocycles. The Bertz CT molecular complexity index is 625. The molecular formula is C15H18ClN3O3. The lowest BCUT2D eigenvalue weighted by molar-refractivity contribution is -0.129. The zero-order valence-electron chi connectivity index (χ0n) is 12.4. The summed E-state index contributed by atoms with van der Waals surface area (Å²) in [5, 5.41) is 17.0. The number of hydrogen-bond donors (Lipinski definition) is 2. The second-order valence-corrected chi connectivity index (χ2v) is 5.64. The molecule has 118 valence electrons. The molecular weight excluding hydrogens is 306 g/mol. The highest BCUT2D eigenvalue weighted by molar-refractivity contribution is 6.30. The lowest BCUT2D eigenvalue weighted by Gasteiger charge is -2.11. The monoisotopic (exact) mass is 323 g/mol. The third-order valence-electron chi connectivity index (χ3n) is 3.06. The van der Waals surface area contributed by atoms with Gasteiger partial charge in [0.2, 0.25) is 5.89 Å². The van der Waals surface area contributed by atoms with E-state index in [0.29, 0.717) is 35.3 Å². The van der Waals surface area contributed by atoms with Crippen LogP contribution in [0.25, 0.3) is 0 Å². The molecule has 0 aliphatic heterocycles. The smallest absolute Gasteiger partial charge is 0.253 e. The van der Waals surface area contributed by atoms with Crippen LogP contribution < -0.4 is 5.32 Å². The first-order valence-electron chi connectivity index (χ1n) is 7.01.